The molecule has 1 saturated heterocycles. The van der Waals surface area contributed by atoms with Crippen LogP contribution in [0.4, 0.5) is 20.3 Å². The van der Waals surface area contributed by atoms with Gasteiger partial charge in [0.05, 0.1) is 16.9 Å². The van der Waals surface area contributed by atoms with Gasteiger partial charge >= 0.3 is 0 Å². The second-order valence-corrected chi connectivity index (χ2v) is 9.87. The zero-order chi connectivity index (χ0) is 24.6. The van der Waals surface area contributed by atoms with Gasteiger partial charge in [-0.25, -0.2) is 37.1 Å². The summed E-state index contributed by atoms with van der Waals surface area (Å²) in [5, 5.41) is 6.50. The highest BCUT2D eigenvalue weighted by molar-refractivity contribution is 7.92. The number of fused-ring (bicyclic) bond motifs is 1. The minimum atomic E-state index is -4.41. The van der Waals surface area contributed by atoms with E-state index in [1.165, 1.54) is 18.6 Å². The topological polar surface area (TPSA) is 122 Å². The molecule has 0 bridgehead atoms. The van der Waals surface area contributed by atoms with Gasteiger partial charge < -0.3 is 10.6 Å². The summed E-state index contributed by atoms with van der Waals surface area (Å²) in [5.74, 6) is -1.54. The highest BCUT2D eigenvalue weighted by atomic mass is 35.5. The van der Waals surface area contributed by atoms with Crippen LogP contribution in [0.2, 0.25) is 5.15 Å². The van der Waals surface area contributed by atoms with E-state index < -0.39 is 26.6 Å². The molecule has 4 heterocycles. The molecule has 0 radical (unpaired) electrons. The average Bonchev–Trinajstić information content (AvgIpc) is 3.33. The minimum Gasteiger partial charge on any atom is -0.364 e. The lowest BCUT2D eigenvalue weighted by Gasteiger charge is -2.14. The maximum Gasteiger partial charge on any atom is 0.264 e. The first-order valence-corrected chi connectivity index (χ1v) is 12.4. The van der Waals surface area contributed by atoms with E-state index in [1.807, 2.05) is 0 Å². The van der Waals surface area contributed by atoms with Gasteiger partial charge in [-0.15, -0.1) is 0 Å². The number of hydrogen-bond acceptors (Lipinski definition) is 8. The normalized spacial score (nSPS) is 15.9. The van der Waals surface area contributed by atoms with Crippen molar-refractivity contribution in [2.75, 3.05) is 23.1 Å². The smallest absolute Gasteiger partial charge is 0.264 e. The zero-order valence-electron chi connectivity index (χ0n) is 18.0. The molecule has 1 atom stereocenters. The van der Waals surface area contributed by atoms with E-state index in [0.717, 1.165) is 31.6 Å². The van der Waals surface area contributed by atoms with Crippen LogP contribution in [0.25, 0.3) is 22.3 Å². The highest BCUT2D eigenvalue weighted by Crippen LogP contribution is 2.30. The van der Waals surface area contributed by atoms with Crippen molar-refractivity contribution in [3.8, 4) is 11.3 Å². The van der Waals surface area contributed by atoms with Gasteiger partial charge in [0.2, 0.25) is 0 Å². The number of sulfonamides is 1. The second-order valence-electron chi connectivity index (χ2n) is 7.86. The third-order valence-corrected chi connectivity index (χ3v) is 7.15. The summed E-state index contributed by atoms with van der Waals surface area (Å²) < 4.78 is 54.9. The lowest BCUT2D eigenvalue weighted by Crippen LogP contribution is -2.23. The van der Waals surface area contributed by atoms with Gasteiger partial charge in [0, 0.05) is 30.4 Å². The maximum absolute atomic E-state index is 14.1. The van der Waals surface area contributed by atoms with Crippen LogP contribution < -0.4 is 15.4 Å². The van der Waals surface area contributed by atoms with E-state index in [4.69, 9.17) is 11.6 Å². The molecule has 1 aliphatic heterocycles. The van der Waals surface area contributed by atoms with Gasteiger partial charge in [0.25, 0.3) is 10.0 Å². The van der Waals surface area contributed by atoms with Gasteiger partial charge in [-0.1, -0.05) is 11.6 Å². The quantitative estimate of drug-likeness (QED) is 0.332. The summed E-state index contributed by atoms with van der Waals surface area (Å²) in [6, 6.07) is 7.28. The molecule has 3 N–H and O–H groups in total. The molecule has 1 fully saturated rings. The van der Waals surface area contributed by atoms with Crippen molar-refractivity contribution in [2.45, 2.75) is 17.4 Å². The highest BCUT2D eigenvalue weighted by Gasteiger charge is 2.22. The SMILES string of the molecule is O=S(=O)(Nc1cc(-c2ccc3ncnc(N[C@H]4CCNC4)c3n2)cnc1Cl)c1ccc(F)cc1F. The van der Waals surface area contributed by atoms with Gasteiger partial charge in [-0.05, 0) is 43.3 Å². The van der Waals surface area contributed by atoms with Gasteiger partial charge in [-0.2, -0.15) is 0 Å². The van der Waals surface area contributed by atoms with E-state index in [2.05, 4.69) is 35.3 Å². The molecule has 0 aliphatic carbocycles. The van der Waals surface area contributed by atoms with Gasteiger partial charge in [-0.3, -0.25) is 4.72 Å². The Labute approximate surface area is 204 Å². The molecule has 13 heteroatoms. The molecule has 0 amide bonds. The maximum atomic E-state index is 14.1. The molecule has 5 rings (SSSR count). The lowest BCUT2D eigenvalue weighted by molar-refractivity contribution is 0.551. The number of nitrogens with zero attached hydrogens (tertiary/aromatic N) is 4. The second kappa shape index (κ2) is 9.29. The fraction of sp³-hybridized carbons (Fsp3) is 0.182. The number of pyridine rings is 2. The fourth-order valence-electron chi connectivity index (χ4n) is 3.73. The molecule has 9 nitrogen and oxygen atoms in total. The zero-order valence-corrected chi connectivity index (χ0v) is 19.5. The first-order valence-electron chi connectivity index (χ1n) is 10.5. The van der Waals surface area contributed by atoms with Crippen molar-refractivity contribution in [1.82, 2.24) is 25.3 Å². The van der Waals surface area contributed by atoms with E-state index in [1.54, 1.807) is 12.1 Å². The molecule has 1 aliphatic rings. The molecule has 35 heavy (non-hydrogen) atoms. The lowest BCUT2D eigenvalue weighted by atomic mass is 10.1. The van der Waals surface area contributed by atoms with Crippen LogP contribution in [0, 0.1) is 11.6 Å². The predicted octanol–water partition coefficient (Wildman–Crippen LogP) is 3.59. The first kappa shape index (κ1) is 23.3. The van der Waals surface area contributed by atoms with Crippen LogP contribution in [0.3, 0.4) is 0 Å². The molecule has 1 aromatic carbocycles. The van der Waals surface area contributed by atoms with Crippen molar-refractivity contribution in [3.05, 3.63) is 65.7 Å². The largest absolute Gasteiger partial charge is 0.364 e. The fourth-order valence-corrected chi connectivity index (χ4v) is 5.05. The van der Waals surface area contributed by atoms with Crippen LogP contribution >= 0.6 is 11.6 Å². The van der Waals surface area contributed by atoms with Crippen molar-refractivity contribution in [2.24, 2.45) is 0 Å². The number of aromatic nitrogens is 4. The number of nitrogens with one attached hydrogen (secondary N) is 3. The molecule has 0 spiro atoms. The van der Waals surface area contributed by atoms with E-state index in [9.17, 15) is 17.2 Å². The predicted molar refractivity (Wildman–Crippen MR) is 128 cm³/mol. The number of hydrogen-bond donors (Lipinski definition) is 3. The summed E-state index contributed by atoms with van der Waals surface area (Å²) in [7, 11) is -4.41. The molecule has 3 aromatic heterocycles. The Hall–Kier alpha value is -3.48. The number of anilines is 2. The number of halogens is 3. The average molecular weight is 518 g/mol. The van der Waals surface area contributed by atoms with Crippen LogP contribution in [-0.4, -0.2) is 47.5 Å². The Balaban J connectivity index is 1.49. The third kappa shape index (κ3) is 4.85. The van der Waals surface area contributed by atoms with Crippen molar-refractivity contribution < 1.29 is 17.2 Å². The minimum absolute atomic E-state index is 0.0884. The van der Waals surface area contributed by atoms with Crippen LogP contribution in [0.15, 0.2) is 53.8 Å². The van der Waals surface area contributed by atoms with Crippen molar-refractivity contribution in [1.29, 1.82) is 0 Å². The third-order valence-electron chi connectivity index (χ3n) is 5.45. The Kier molecular flexibility index (Phi) is 6.17. The van der Waals surface area contributed by atoms with E-state index >= 15 is 0 Å². The standard InChI is InChI=1S/C22H18ClF2N7O2S/c23-21-18(32-35(33,34)19-4-1-13(24)8-15(19)25)7-12(9-27-21)16-2-3-17-20(31-16)22(29-11-28-17)30-14-5-6-26-10-14/h1-4,7-9,11,14,26,32H,5-6,10H2,(H,28,29,30)/t14-/m0/s1. The molecule has 0 unspecified atom stereocenters. The van der Waals surface area contributed by atoms with Gasteiger partial charge in [0.1, 0.15) is 28.4 Å². The monoisotopic (exact) mass is 517 g/mol. The summed E-state index contributed by atoms with van der Waals surface area (Å²) in [6.07, 6.45) is 3.84. The Morgan fingerprint density at radius 2 is 1.94 bits per heavy atom. The molecule has 0 saturated carbocycles. The van der Waals surface area contributed by atoms with Crippen LogP contribution in [-0.2, 0) is 10.0 Å². The van der Waals surface area contributed by atoms with E-state index in [-0.39, 0.29) is 16.9 Å². The summed E-state index contributed by atoms with van der Waals surface area (Å²) in [4.78, 5) is 16.6. The molecule has 180 valence electrons. The summed E-state index contributed by atoms with van der Waals surface area (Å²) in [6.45, 7) is 1.72. The van der Waals surface area contributed by atoms with Gasteiger partial charge in [0.15, 0.2) is 11.0 Å². The first-order chi connectivity index (χ1) is 16.8. The Bertz CT molecular complexity index is 1530. The number of rotatable bonds is 6. The molecular weight excluding hydrogens is 500 g/mol. The van der Waals surface area contributed by atoms with Crippen LogP contribution in [0.1, 0.15) is 6.42 Å². The van der Waals surface area contributed by atoms with Crippen molar-refractivity contribution >= 4 is 44.2 Å². The Morgan fingerprint density at radius 1 is 1.09 bits per heavy atom. The van der Waals surface area contributed by atoms with Crippen molar-refractivity contribution in [3.63, 3.8) is 0 Å². The van der Waals surface area contributed by atoms with E-state index in [0.29, 0.717) is 34.2 Å². The molecular formula is C22H18ClF2N7O2S. The summed E-state index contributed by atoms with van der Waals surface area (Å²) >= 11 is 6.11. The Morgan fingerprint density at radius 3 is 2.71 bits per heavy atom. The molecule has 4 aromatic rings. The van der Waals surface area contributed by atoms with Crippen LogP contribution in [0.5, 0.6) is 0 Å². The number of benzene rings is 1. The summed E-state index contributed by atoms with van der Waals surface area (Å²) in [5.41, 5.74) is 2.01.